The number of ether oxygens (including phenoxy) is 4. The molecule has 2 atom stereocenters. The van der Waals surface area contributed by atoms with Gasteiger partial charge in [0.2, 0.25) is 5.75 Å². The highest BCUT2D eigenvalue weighted by atomic mass is 16.6. The molecule has 1 saturated heterocycles. The maximum Gasteiger partial charge on any atom is 0.333 e. The van der Waals surface area contributed by atoms with Gasteiger partial charge in [0.25, 0.3) is 5.91 Å². The smallest absolute Gasteiger partial charge is 0.333 e. The average molecular weight is 463 g/mol. The van der Waals surface area contributed by atoms with Gasteiger partial charge in [-0.15, -0.1) is 0 Å². The van der Waals surface area contributed by atoms with Gasteiger partial charge in [0.15, 0.2) is 11.4 Å². The number of cyclic esters (lactones) is 1. The number of allylic oxidation sites excluding steroid dienone is 1. The minimum Gasteiger partial charge on any atom is -0.493 e. The van der Waals surface area contributed by atoms with Crippen LogP contribution in [-0.4, -0.2) is 49.7 Å². The second-order valence-electron chi connectivity index (χ2n) is 8.43. The molecular formula is C24H34N2O7. The van der Waals surface area contributed by atoms with E-state index in [1.807, 2.05) is 0 Å². The van der Waals surface area contributed by atoms with Crippen LogP contribution in [0.1, 0.15) is 62.9 Å². The van der Waals surface area contributed by atoms with Gasteiger partial charge in [-0.05, 0) is 25.2 Å². The summed E-state index contributed by atoms with van der Waals surface area (Å²) < 4.78 is 21.0. The number of amides is 1. The Morgan fingerprint density at radius 1 is 1.27 bits per heavy atom. The van der Waals surface area contributed by atoms with Crippen LogP contribution in [0.5, 0.6) is 11.5 Å². The monoisotopic (exact) mass is 462 g/mol. The molecule has 1 aromatic rings. The van der Waals surface area contributed by atoms with Crippen molar-refractivity contribution in [3.8, 4) is 11.5 Å². The number of nitrogens with one attached hydrogen (secondary N) is 1. The lowest BCUT2D eigenvalue weighted by Crippen LogP contribution is -2.42. The maximum atomic E-state index is 13.0. The first-order valence-electron chi connectivity index (χ1n) is 11.2. The van der Waals surface area contributed by atoms with E-state index in [4.69, 9.17) is 18.9 Å². The van der Waals surface area contributed by atoms with E-state index in [-0.39, 0.29) is 36.1 Å². The fourth-order valence-electron chi connectivity index (χ4n) is 3.68. The van der Waals surface area contributed by atoms with Gasteiger partial charge in [0, 0.05) is 25.3 Å². The molecule has 0 unspecified atom stereocenters. The Kier molecular flexibility index (Phi) is 10.3. The number of methoxy groups -OCH3 is 2. The topological polar surface area (TPSA) is 113 Å². The molecule has 0 aromatic carbocycles. The lowest BCUT2D eigenvalue weighted by molar-refractivity contribution is -0.142. The van der Waals surface area contributed by atoms with Gasteiger partial charge < -0.3 is 24.3 Å². The zero-order chi connectivity index (χ0) is 24.4. The molecule has 0 saturated carbocycles. The van der Waals surface area contributed by atoms with Gasteiger partial charge in [-0.2, -0.15) is 0 Å². The third kappa shape index (κ3) is 7.85. The summed E-state index contributed by atoms with van der Waals surface area (Å²) >= 11 is 0. The van der Waals surface area contributed by atoms with Crippen LogP contribution in [0.25, 0.3) is 0 Å². The van der Waals surface area contributed by atoms with Crippen molar-refractivity contribution in [2.45, 2.75) is 58.4 Å². The van der Waals surface area contributed by atoms with Crippen LogP contribution in [0.3, 0.4) is 0 Å². The van der Waals surface area contributed by atoms with Crippen LogP contribution >= 0.6 is 0 Å². The number of carbonyl (C=O) groups is 3. The van der Waals surface area contributed by atoms with Crippen LogP contribution in [-0.2, 0) is 19.1 Å². The summed E-state index contributed by atoms with van der Waals surface area (Å²) in [7, 11) is 2.85. The molecule has 9 heteroatoms. The number of hydrogen-bond donors (Lipinski definition) is 1. The molecular weight excluding hydrogens is 428 g/mol. The Balaban J connectivity index is 2.18. The minimum absolute atomic E-state index is 0.00971. The van der Waals surface area contributed by atoms with Gasteiger partial charge in [-0.3, -0.25) is 9.59 Å². The highest BCUT2D eigenvalue weighted by Gasteiger charge is 2.30. The summed E-state index contributed by atoms with van der Waals surface area (Å²) in [4.78, 5) is 42.0. The fourth-order valence-corrected chi connectivity index (χ4v) is 3.68. The van der Waals surface area contributed by atoms with Crippen molar-refractivity contribution < 1.29 is 33.3 Å². The molecule has 0 bridgehead atoms. The first-order valence-corrected chi connectivity index (χ1v) is 11.2. The third-order valence-electron chi connectivity index (χ3n) is 5.36. The van der Waals surface area contributed by atoms with Gasteiger partial charge in [0.1, 0.15) is 11.8 Å². The zero-order valence-electron chi connectivity index (χ0n) is 19.8. The Bertz CT molecular complexity index is 853. The van der Waals surface area contributed by atoms with Crippen molar-refractivity contribution in [1.29, 1.82) is 0 Å². The van der Waals surface area contributed by atoms with Crippen LogP contribution < -0.4 is 14.8 Å². The van der Waals surface area contributed by atoms with Crippen LogP contribution in [0.4, 0.5) is 0 Å². The third-order valence-corrected chi connectivity index (χ3v) is 5.36. The number of nitrogens with zero attached hydrogens (tertiary/aromatic N) is 1. The molecule has 2 heterocycles. The van der Waals surface area contributed by atoms with Crippen LogP contribution in [0.15, 0.2) is 24.6 Å². The first-order chi connectivity index (χ1) is 15.8. The second-order valence-corrected chi connectivity index (χ2v) is 8.43. The molecule has 1 aliphatic heterocycles. The molecule has 182 valence electrons. The molecule has 9 nitrogen and oxygen atoms in total. The van der Waals surface area contributed by atoms with E-state index in [2.05, 4.69) is 30.7 Å². The lowest BCUT2D eigenvalue weighted by Gasteiger charge is -2.21. The Labute approximate surface area is 194 Å². The van der Waals surface area contributed by atoms with Crippen LogP contribution in [0, 0.1) is 11.8 Å². The molecule has 0 radical (unpaired) electrons. The van der Waals surface area contributed by atoms with Gasteiger partial charge in [-0.1, -0.05) is 33.3 Å². The normalized spacial score (nSPS) is 19.2. The first kappa shape index (κ1) is 26.3. The van der Waals surface area contributed by atoms with Gasteiger partial charge in [0.05, 0.1) is 20.1 Å². The standard InChI is InChI=1S/C24H34N2O7/c1-15(2)14-17-8-6-7-9-18(24(29)32-16(17)3)26-23(28)21-22(19(31-5)10-12-25-21)33-20(27)11-13-30-4/h10,12,15,17-18H,3,6-9,11,13-14H2,1-2,4-5H3,(H,26,28)/t17-,18-/m0/s1. The molecule has 1 N–H and O–H groups in total. The highest BCUT2D eigenvalue weighted by molar-refractivity contribution is 5.98. The summed E-state index contributed by atoms with van der Waals surface area (Å²) in [5.41, 5.74) is -0.163. The number of carbonyl (C=O) groups excluding carboxylic acids is 3. The molecule has 1 aromatic heterocycles. The van der Waals surface area contributed by atoms with Gasteiger partial charge in [-0.25, -0.2) is 9.78 Å². The van der Waals surface area contributed by atoms with Crippen molar-refractivity contribution in [2.75, 3.05) is 20.8 Å². The molecule has 1 amide bonds. The predicted molar refractivity (Wildman–Crippen MR) is 121 cm³/mol. The molecule has 0 aliphatic carbocycles. The molecule has 0 spiro atoms. The number of rotatable bonds is 9. The number of pyridine rings is 1. The maximum absolute atomic E-state index is 13.0. The van der Waals surface area contributed by atoms with E-state index in [0.29, 0.717) is 18.1 Å². The second kappa shape index (κ2) is 12.9. The molecule has 1 aliphatic rings. The van der Waals surface area contributed by atoms with Crippen molar-refractivity contribution in [3.05, 3.63) is 30.3 Å². The minimum atomic E-state index is -0.878. The summed E-state index contributed by atoms with van der Waals surface area (Å²) in [6.07, 6.45) is 5.16. The number of aromatic nitrogens is 1. The largest absolute Gasteiger partial charge is 0.493 e. The van der Waals surface area contributed by atoms with Crippen molar-refractivity contribution in [1.82, 2.24) is 10.3 Å². The summed E-state index contributed by atoms with van der Waals surface area (Å²) in [5, 5.41) is 2.68. The van der Waals surface area contributed by atoms with E-state index in [0.717, 1.165) is 25.7 Å². The van der Waals surface area contributed by atoms with Crippen LogP contribution in [0.2, 0.25) is 0 Å². The Morgan fingerprint density at radius 2 is 2.00 bits per heavy atom. The van der Waals surface area contributed by atoms with Crippen molar-refractivity contribution >= 4 is 17.8 Å². The zero-order valence-corrected chi connectivity index (χ0v) is 19.8. The summed E-state index contributed by atoms with van der Waals surface area (Å²) in [5.74, 6) is -0.806. The van der Waals surface area contributed by atoms with E-state index in [1.54, 1.807) is 0 Å². The number of esters is 2. The summed E-state index contributed by atoms with van der Waals surface area (Å²) in [6.45, 7) is 8.35. The Morgan fingerprint density at radius 3 is 2.67 bits per heavy atom. The number of hydrogen-bond acceptors (Lipinski definition) is 8. The van der Waals surface area contributed by atoms with E-state index in [9.17, 15) is 14.4 Å². The van der Waals surface area contributed by atoms with E-state index >= 15 is 0 Å². The molecule has 2 rings (SSSR count). The van der Waals surface area contributed by atoms with Crippen molar-refractivity contribution in [3.63, 3.8) is 0 Å². The fraction of sp³-hybridized carbons (Fsp3) is 0.583. The summed E-state index contributed by atoms with van der Waals surface area (Å²) in [6, 6.07) is 0.597. The van der Waals surface area contributed by atoms with Gasteiger partial charge >= 0.3 is 11.9 Å². The quantitative estimate of drug-likeness (QED) is 0.556. The van der Waals surface area contributed by atoms with E-state index in [1.165, 1.54) is 26.5 Å². The SMILES string of the molecule is C=C1OC(=O)[C@@H](NC(=O)c2nccc(OC)c2OC(=O)CCOC)CCCC[C@H]1CC(C)C. The lowest BCUT2D eigenvalue weighted by atomic mass is 9.91. The Hall–Kier alpha value is -2.94. The van der Waals surface area contributed by atoms with Crippen molar-refractivity contribution in [2.24, 2.45) is 11.8 Å². The molecule has 1 fully saturated rings. The average Bonchev–Trinajstić information content (AvgIpc) is 2.83. The predicted octanol–water partition coefficient (Wildman–Crippen LogP) is 3.42. The molecule has 33 heavy (non-hydrogen) atoms. The van der Waals surface area contributed by atoms with E-state index < -0.39 is 23.9 Å². The highest BCUT2D eigenvalue weighted by Crippen LogP contribution is 2.31.